The number of halogens is 2. The highest BCUT2D eigenvalue weighted by Crippen LogP contribution is 2.31. The van der Waals surface area contributed by atoms with E-state index in [1.165, 1.54) is 11.3 Å². The summed E-state index contributed by atoms with van der Waals surface area (Å²) in [5.41, 5.74) is 0.679. The number of thiophene rings is 1. The van der Waals surface area contributed by atoms with E-state index in [-0.39, 0.29) is 5.91 Å². The monoisotopic (exact) mass is 340 g/mol. The molecule has 1 rings (SSSR count). The second kappa shape index (κ2) is 5.85. The Morgan fingerprint density at radius 1 is 1.50 bits per heavy atom. The SMILES string of the molecule is CNCCNC(=O)c1cc(Br)sc1Br. The molecule has 3 nitrogen and oxygen atoms in total. The molecule has 1 aromatic heterocycles. The summed E-state index contributed by atoms with van der Waals surface area (Å²) in [5.74, 6) is -0.0472. The van der Waals surface area contributed by atoms with Crippen LogP contribution in [0, 0.1) is 0 Å². The van der Waals surface area contributed by atoms with E-state index in [0.717, 1.165) is 14.1 Å². The van der Waals surface area contributed by atoms with Crippen LogP contribution in [0.3, 0.4) is 0 Å². The predicted molar refractivity (Wildman–Crippen MR) is 66.0 cm³/mol. The van der Waals surface area contributed by atoms with Gasteiger partial charge in [0, 0.05) is 13.1 Å². The molecule has 1 amide bonds. The van der Waals surface area contributed by atoms with Crippen LogP contribution in [0.5, 0.6) is 0 Å². The molecule has 14 heavy (non-hydrogen) atoms. The standard InChI is InChI=1S/C8H10Br2N2OS/c1-11-2-3-12-8(13)5-4-6(9)14-7(5)10/h4,11H,2-3H2,1H3,(H,12,13). The Labute approximate surface area is 104 Å². The Morgan fingerprint density at radius 2 is 2.21 bits per heavy atom. The third kappa shape index (κ3) is 3.34. The highest BCUT2D eigenvalue weighted by molar-refractivity contribution is 9.12. The molecule has 0 aliphatic heterocycles. The largest absolute Gasteiger partial charge is 0.351 e. The Balaban J connectivity index is 2.56. The van der Waals surface area contributed by atoms with Gasteiger partial charge in [0.2, 0.25) is 0 Å². The van der Waals surface area contributed by atoms with Crippen molar-refractivity contribution in [2.75, 3.05) is 20.1 Å². The lowest BCUT2D eigenvalue weighted by Gasteiger charge is -2.02. The van der Waals surface area contributed by atoms with E-state index in [1.54, 1.807) is 0 Å². The molecule has 0 saturated heterocycles. The van der Waals surface area contributed by atoms with Crippen LogP contribution in [-0.2, 0) is 0 Å². The van der Waals surface area contributed by atoms with Gasteiger partial charge in [-0.3, -0.25) is 4.79 Å². The Kier molecular flexibility index (Phi) is 5.08. The van der Waals surface area contributed by atoms with Crippen molar-refractivity contribution in [3.63, 3.8) is 0 Å². The molecule has 0 aromatic carbocycles. The Hall–Kier alpha value is 0.0900. The number of carbonyl (C=O) groups is 1. The quantitative estimate of drug-likeness (QED) is 0.824. The van der Waals surface area contributed by atoms with Gasteiger partial charge in [-0.2, -0.15) is 0 Å². The zero-order valence-corrected chi connectivity index (χ0v) is 11.6. The summed E-state index contributed by atoms with van der Waals surface area (Å²) in [6.45, 7) is 1.41. The molecular weight excluding hydrogens is 332 g/mol. The van der Waals surface area contributed by atoms with E-state index in [9.17, 15) is 4.79 Å². The molecule has 1 heterocycles. The van der Waals surface area contributed by atoms with Crippen molar-refractivity contribution in [1.82, 2.24) is 10.6 Å². The van der Waals surface area contributed by atoms with E-state index in [2.05, 4.69) is 42.5 Å². The average Bonchev–Trinajstić information content (AvgIpc) is 2.45. The summed E-state index contributed by atoms with van der Waals surface area (Å²) in [4.78, 5) is 11.6. The van der Waals surface area contributed by atoms with Crippen molar-refractivity contribution >= 4 is 49.1 Å². The fourth-order valence-electron chi connectivity index (χ4n) is 0.891. The minimum atomic E-state index is -0.0472. The first-order valence-corrected chi connectivity index (χ1v) is 6.43. The van der Waals surface area contributed by atoms with E-state index in [1.807, 2.05) is 13.1 Å². The minimum Gasteiger partial charge on any atom is -0.351 e. The topological polar surface area (TPSA) is 41.1 Å². The molecular formula is C8H10Br2N2OS. The van der Waals surface area contributed by atoms with Gasteiger partial charge in [-0.15, -0.1) is 11.3 Å². The van der Waals surface area contributed by atoms with Crippen LogP contribution in [0.4, 0.5) is 0 Å². The van der Waals surface area contributed by atoms with Crippen LogP contribution >= 0.6 is 43.2 Å². The number of carbonyl (C=O) groups excluding carboxylic acids is 1. The van der Waals surface area contributed by atoms with Gasteiger partial charge < -0.3 is 10.6 Å². The van der Waals surface area contributed by atoms with Gasteiger partial charge in [-0.25, -0.2) is 0 Å². The van der Waals surface area contributed by atoms with Crippen LogP contribution in [0.15, 0.2) is 13.6 Å². The molecule has 6 heteroatoms. The lowest BCUT2D eigenvalue weighted by molar-refractivity contribution is 0.0954. The first-order chi connectivity index (χ1) is 6.65. The van der Waals surface area contributed by atoms with Gasteiger partial charge >= 0.3 is 0 Å². The van der Waals surface area contributed by atoms with Crippen molar-refractivity contribution in [2.45, 2.75) is 0 Å². The Bertz CT molecular complexity index is 327. The Morgan fingerprint density at radius 3 is 2.71 bits per heavy atom. The van der Waals surface area contributed by atoms with Crippen molar-refractivity contribution in [3.05, 3.63) is 19.2 Å². The first kappa shape index (κ1) is 12.2. The van der Waals surface area contributed by atoms with Crippen LogP contribution < -0.4 is 10.6 Å². The van der Waals surface area contributed by atoms with Gasteiger partial charge in [-0.1, -0.05) is 0 Å². The molecule has 0 aliphatic rings. The minimum absolute atomic E-state index is 0.0472. The molecule has 0 saturated carbocycles. The summed E-state index contributed by atoms with van der Waals surface area (Å²) in [6.07, 6.45) is 0. The lowest BCUT2D eigenvalue weighted by Crippen LogP contribution is -2.30. The molecule has 0 spiro atoms. The zero-order chi connectivity index (χ0) is 10.6. The normalized spacial score (nSPS) is 10.2. The number of hydrogen-bond acceptors (Lipinski definition) is 3. The second-order valence-electron chi connectivity index (χ2n) is 2.60. The van der Waals surface area contributed by atoms with E-state index >= 15 is 0 Å². The third-order valence-corrected chi connectivity index (χ3v) is 3.90. The lowest BCUT2D eigenvalue weighted by atomic mass is 10.3. The van der Waals surface area contributed by atoms with Crippen molar-refractivity contribution in [2.24, 2.45) is 0 Å². The third-order valence-electron chi connectivity index (χ3n) is 1.56. The number of likely N-dealkylation sites (N-methyl/N-ethyl adjacent to an activating group) is 1. The second-order valence-corrected chi connectivity index (χ2v) is 6.35. The van der Waals surface area contributed by atoms with Crippen LogP contribution in [-0.4, -0.2) is 26.0 Å². The molecule has 2 N–H and O–H groups in total. The molecule has 0 bridgehead atoms. The number of rotatable bonds is 4. The van der Waals surface area contributed by atoms with Gasteiger partial charge in [-0.05, 0) is 45.0 Å². The molecule has 78 valence electrons. The van der Waals surface area contributed by atoms with Gasteiger partial charge in [0.25, 0.3) is 5.91 Å². The van der Waals surface area contributed by atoms with Gasteiger partial charge in [0.15, 0.2) is 0 Å². The highest BCUT2D eigenvalue weighted by atomic mass is 79.9. The maximum absolute atomic E-state index is 11.6. The molecule has 1 aromatic rings. The number of nitrogens with one attached hydrogen (secondary N) is 2. The smallest absolute Gasteiger partial charge is 0.253 e. The first-order valence-electron chi connectivity index (χ1n) is 4.02. The van der Waals surface area contributed by atoms with E-state index < -0.39 is 0 Å². The number of amides is 1. The molecule has 0 atom stereocenters. The van der Waals surface area contributed by atoms with E-state index in [0.29, 0.717) is 12.1 Å². The maximum Gasteiger partial charge on any atom is 0.253 e. The highest BCUT2D eigenvalue weighted by Gasteiger charge is 2.12. The van der Waals surface area contributed by atoms with Crippen molar-refractivity contribution in [3.8, 4) is 0 Å². The van der Waals surface area contributed by atoms with Crippen molar-refractivity contribution in [1.29, 1.82) is 0 Å². The maximum atomic E-state index is 11.6. The summed E-state index contributed by atoms with van der Waals surface area (Å²) in [5, 5.41) is 5.77. The molecule has 0 unspecified atom stereocenters. The summed E-state index contributed by atoms with van der Waals surface area (Å²) in [7, 11) is 1.85. The van der Waals surface area contributed by atoms with Gasteiger partial charge in [0.1, 0.15) is 0 Å². The fourth-order valence-corrected chi connectivity index (χ4v) is 3.68. The summed E-state index contributed by atoms with van der Waals surface area (Å²) >= 11 is 8.16. The fraction of sp³-hybridized carbons (Fsp3) is 0.375. The summed E-state index contributed by atoms with van der Waals surface area (Å²) < 4.78 is 1.80. The zero-order valence-electron chi connectivity index (χ0n) is 7.56. The predicted octanol–water partition coefficient (Wildman–Crippen LogP) is 2.22. The molecule has 0 radical (unpaired) electrons. The molecule has 0 aliphatic carbocycles. The van der Waals surface area contributed by atoms with E-state index in [4.69, 9.17) is 0 Å². The summed E-state index contributed by atoms with van der Waals surface area (Å²) in [6, 6.07) is 1.81. The average molecular weight is 342 g/mol. The van der Waals surface area contributed by atoms with Crippen LogP contribution in [0.2, 0.25) is 0 Å². The molecule has 0 fully saturated rings. The number of hydrogen-bond donors (Lipinski definition) is 2. The van der Waals surface area contributed by atoms with Gasteiger partial charge in [0.05, 0.1) is 13.1 Å². The van der Waals surface area contributed by atoms with Crippen LogP contribution in [0.25, 0.3) is 0 Å². The van der Waals surface area contributed by atoms with Crippen LogP contribution in [0.1, 0.15) is 10.4 Å². The van der Waals surface area contributed by atoms with Crippen molar-refractivity contribution < 1.29 is 4.79 Å².